The van der Waals surface area contributed by atoms with Crippen LogP contribution in [0, 0.1) is 6.92 Å². The third kappa shape index (κ3) is 3.49. The predicted molar refractivity (Wildman–Crippen MR) is 77.7 cm³/mol. The van der Waals surface area contributed by atoms with E-state index in [9.17, 15) is 9.59 Å². The van der Waals surface area contributed by atoms with Crippen LogP contribution in [0.4, 0.5) is 5.69 Å². The summed E-state index contributed by atoms with van der Waals surface area (Å²) in [4.78, 5) is 31.7. The van der Waals surface area contributed by atoms with Crippen molar-refractivity contribution in [1.29, 1.82) is 0 Å². The molecule has 1 aromatic rings. The fraction of sp³-hybridized carbons (Fsp3) is 0.500. The molecule has 0 saturated carbocycles. The van der Waals surface area contributed by atoms with Crippen LogP contribution in [-0.4, -0.2) is 66.5 Å². The zero-order valence-corrected chi connectivity index (χ0v) is 12.3. The molecule has 0 spiro atoms. The van der Waals surface area contributed by atoms with Crippen LogP contribution in [0.25, 0.3) is 0 Å². The Morgan fingerprint density at radius 1 is 1.29 bits per heavy atom. The van der Waals surface area contributed by atoms with Gasteiger partial charge in [-0.15, -0.1) is 0 Å². The number of amides is 2. The number of aromatic nitrogens is 1. The van der Waals surface area contributed by atoms with Gasteiger partial charge in [-0.25, -0.2) is 0 Å². The van der Waals surface area contributed by atoms with Gasteiger partial charge in [-0.3, -0.25) is 14.6 Å². The second-order valence-corrected chi connectivity index (χ2v) is 5.01. The Labute approximate surface area is 123 Å². The number of anilines is 1. The van der Waals surface area contributed by atoms with E-state index in [4.69, 9.17) is 10.5 Å². The zero-order chi connectivity index (χ0) is 15.4. The van der Waals surface area contributed by atoms with Crippen molar-refractivity contribution in [3.8, 4) is 0 Å². The van der Waals surface area contributed by atoms with Gasteiger partial charge in [-0.05, 0) is 13.0 Å². The molecule has 1 saturated heterocycles. The summed E-state index contributed by atoms with van der Waals surface area (Å²) in [7, 11) is 1.49. The number of carbonyl (C=O) groups is 2. The highest BCUT2D eigenvalue weighted by molar-refractivity contribution is 5.96. The molecule has 114 valence electrons. The monoisotopic (exact) mass is 292 g/mol. The first-order valence-corrected chi connectivity index (χ1v) is 6.81. The zero-order valence-electron chi connectivity index (χ0n) is 12.3. The second kappa shape index (κ2) is 6.53. The van der Waals surface area contributed by atoms with Gasteiger partial charge in [0, 0.05) is 33.3 Å². The van der Waals surface area contributed by atoms with Gasteiger partial charge in [0.05, 0.1) is 23.1 Å². The van der Waals surface area contributed by atoms with E-state index in [1.165, 1.54) is 13.3 Å². The van der Waals surface area contributed by atoms with Gasteiger partial charge in [-0.2, -0.15) is 0 Å². The van der Waals surface area contributed by atoms with Crippen LogP contribution in [-0.2, 0) is 9.53 Å². The van der Waals surface area contributed by atoms with Crippen molar-refractivity contribution in [3.05, 3.63) is 23.5 Å². The Hall–Kier alpha value is -2.15. The molecule has 1 aliphatic rings. The van der Waals surface area contributed by atoms with Gasteiger partial charge >= 0.3 is 0 Å². The Balaban J connectivity index is 2.00. The molecule has 0 bridgehead atoms. The number of nitrogen functional groups attached to an aromatic ring is 1. The fourth-order valence-corrected chi connectivity index (χ4v) is 2.31. The van der Waals surface area contributed by atoms with E-state index in [0.29, 0.717) is 43.1 Å². The van der Waals surface area contributed by atoms with Crippen LogP contribution < -0.4 is 5.73 Å². The van der Waals surface area contributed by atoms with Gasteiger partial charge in [0.25, 0.3) is 5.91 Å². The maximum absolute atomic E-state index is 12.5. The number of rotatable bonds is 3. The topological polar surface area (TPSA) is 88.8 Å². The number of hydrogen-bond acceptors (Lipinski definition) is 5. The molecule has 2 N–H and O–H groups in total. The van der Waals surface area contributed by atoms with Crippen molar-refractivity contribution in [2.24, 2.45) is 0 Å². The van der Waals surface area contributed by atoms with Crippen molar-refractivity contribution in [2.75, 3.05) is 45.6 Å². The molecule has 2 rings (SSSR count). The van der Waals surface area contributed by atoms with E-state index in [1.54, 1.807) is 22.8 Å². The third-order valence-corrected chi connectivity index (χ3v) is 3.53. The van der Waals surface area contributed by atoms with Crippen molar-refractivity contribution in [3.63, 3.8) is 0 Å². The molecule has 2 heterocycles. The standard InChI is InChI=1S/C14H20N4O3/c1-10-12(7-11(15)8-16-10)14(20)18-5-3-17(4-6-18)13(19)9-21-2/h7-8H,3-6,9,15H2,1-2H3. The number of ether oxygens (including phenoxy) is 1. The Morgan fingerprint density at radius 3 is 2.52 bits per heavy atom. The number of nitrogens with zero attached hydrogens (tertiary/aromatic N) is 3. The normalized spacial score (nSPS) is 15.1. The molecule has 0 aromatic carbocycles. The molecule has 7 heteroatoms. The van der Waals surface area contributed by atoms with Gasteiger partial charge < -0.3 is 20.3 Å². The lowest BCUT2D eigenvalue weighted by atomic mass is 10.1. The molecule has 1 aliphatic heterocycles. The van der Waals surface area contributed by atoms with Crippen LogP contribution in [0.2, 0.25) is 0 Å². The highest BCUT2D eigenvalue weighted by atomic mass is 16.5. The molecule has 2 amide bonds. The summed E-state index contributed by atoms with van der Waals surface area (Å²) in [5, 5.41) is 0. The summed E-state index contributed by atoms with van der Waals surface area (Å²) in [6.07, 6.45) is 1.54. The molecular weight excluding hydrogens is 272 g/mol. The first kappa shape index (κ1) is 15.2. The first-order chi connectivity index (χ1) is 10.0. The van der Waals surface area contributed by atoms with Gasteiger partial charge in [0.1, 0.15) is 6.61 Å². The lowest BCUT2D eigenvalue weighted by Gasteiger charge is -2.34. The summed E-state index contributed by atoms with van der Waals surface area (Å²) < 4.78 is 4.84. The molecular formula is C14H20N4O3. The number of aryl methyl sites for hydroxylation is 1. The number of pyridine rings is 1. The van der Waals surface area contributed by atoms with Crippen molar-refractivity contribution in [1.82, 2.24) is 14.8 Å². The Kier molecular flexibility index (Phi) is 4.74. The fourth-order valence-electron chi connectivity index (χ4n) is 2.31. The van der Waals surface area contributed by atoms with Crippen molar-refractivity contribution >= 4 is 17.5 Å². The SMILES string of the molecule is COCC(=O)N1CCN(C(=O)c2cc(N)cnc2C)CC1. The smallest absolute Gasteiger partial charge is 0.255 e. The minimum Gasteiger partial charge on any atom is -0.397 e. The van der Waals surface area contributed by atoms with Gasteiger partial charge in [0.15, 0.2) is 0 Å². The molecule has 1 fully saturated rings. The maximum Gasteiger partial charge on any atom is 0.255 e. The maximum atomic E-state index is 12.5. The van der Waals surface area contributed by atoms with E-state index in [-0.39, 0.29) is 18.4 Å². The third-order valence-electron chi connectivity index (χ3n) is 3.53. The van der Waals surface area contributed by atoms with Crippen LogP contribution in [0.5, 0.6) is 0 Å². The molecule has 0 aliphatic carbocycles. The first-order valence-electron chi connectivity index (χ1n) is 6.81. The second-order valence-electron chi connectivity index (χ2n) is 5.01. The van der Waals surface area contributed by atoms with E-state index in [1.807, 2.05) is 0 Å². The highest BCUT2D eigenvalue weighted by Gasteiger charge is 2.25. The molecule has 1 aromatic heterocycles. The van der Waals surface area contributed by atoms with Crippen LogP contribution in [0.15, 0.2) is 12.3 Å². The number of carbonyl (C=O) groups excluding carboxylic acids is 2. The summed E-state index contributed by atoms with van der Waals surface area (Å²) in [6, 6.07) is 1.65. The van der Waals surface area contributed by atoms with Crippen molar-refractivity contribution in [2.45, 2.75) is 6.92 Å². The van der Waals surface area contributed by atoms with E-state index in [2.05, 4.69) is 4.98 Å². The van der Waals surface area contributed by atoms with Gasteiger partial charge in [0.2, 0.25) is 5.91 Å². The van der Waals surface area contributed by atoms with Crippen LogP contribution in [0.3, 0.4) is 0 Å². The van der Waals surface area contributed by atoms with Crippen LogP contribution in [0.1, 0.15) is 16.1 Å². The Bertz CT molecular complexity index is 539. The lowest BCUT2D eigenvalue weighted by Crippen LogP contribution is -2.51. The average molecular weight is 292 g/mol. The molecule has 0 atom stereocenters. The largest absolute Gasteiger partial charge is 0.397 e. The van der Waals surface area contributed by atoms with Gasteiger partial charge in [-0.1, -0.05) is 0 Å². The number of nitrogens with two attached hydrogens (primary N) is 1. The summed E-state index contributed by atoms with van der Waals surface area (Å²) in [6.45, 7) is 3.90. The number of hydrogen-bond donors (Lipinski definition) is 1. The summed E-state index contributed by atoms with van der Waals surface area (Å²) in [5.41, 5.74) is 7.34. The molecule has 0 unspecified atom stereocenters. The molecule has 7 nitrogen and oxygen atoms in total. The van der Waals surface area contributed by atoms with E-state index in [0.717, 1.165) is 0 Å². The summed E-state index contributed by atoms with van der Waals surface area (Å²) >= 11 is 0. The minimum absolute atomic E-state index is 0.0496. The molecule has 0 radical (unpaired) electrons. The molecule has 21 heavy (non-hydrogen) atoms. The Morgan fingerprint density at radius 2 is 1.90 bits per heavy atom. The average Bonchev–Trinajstić information content (AvgIpc) is 2.49. The summed E-state index contributed by atoms with van der Waals surface area (Å²) in [5.74, 6) is -0.141. The quantitative estimate of drug-likeness (QED) is 0.840. The predicted octanol–water partition coefficient (Wildman–Crippen LogP) is -0.0970. The number of methoxy groups -OCH3 is 1. The van der Waals surface area contributed by atoms with Crippen molar-refractivity contribution < 1.29 is 14.3 Å². The van der Waals surface area contributed by atoms with E-state index >= 15 is 0 Å². The minimum atomic E-state index is -0.0915. The van der Waals surface area contributed by atoms with E-state index < -0.39 is 0 Å². The lowest BCUT2D eigenvalue weighted by molar-refractivity contribution is -0.136. The number of piperazine rings is 1. The highest BCUT2D eigenvalue weighted by Crippen LogP contribution is 2.14. The van der Waals surface area contributed by atoms with Crippen LogP contribution >= 0.6 is 0 Å².